The van der Waals surface area contributed by atoms with E-state index in [1.165, 1.54) is 17.1 Å². The average Bonchev–Trinajstić information content (AvgIpc) is 3.29. The van der Waals surface area contributed by atoms with Crippen LogP contribution < -0.4 is 10.2 Å². The number of ether oxygens (including phenoxy) is 1. The summed E-state index contributed by atoms with van der Waals surface area (Å²) < 4.78 is 5.74. The van der Waals surface area contributed by atoms with Crippen LogP contribution in [0.5, 0.6) is 0 Å². The van der Waals surface area contributed by atoms with E-state index in [1.54, 1.807) is 43.3 Å². The van der Waals surface area contributed by atoms with Gasteiger partial charge in [-0.25, -0.2) is 9.69 Å². The molecule has 164 valence electrons. The number of nitrogens with one attached hydrogen (secondary N) is 1. The summed E-state index contributed by atoms with van der Waals surface area (Å²) >= 11 is 3.32. The lowest BCUT2D eigenvalue weighted by Crippen LogP contribution is -2.43. The Bertz CT molecular complexity index is 1100. The predicted molar refractivity (Wildman–Crippen MR) is 117 cm³/mol. The quantitative estimate of drug-likeness (QED) is 0.481. The lowest BCUT2D eigenvalue weighted by atomic mass is 10.1. The van der Waals surface area contributed by atoms with Gasteiger partial charge in [0, 0.05) is 10.2 Å². The number of fused-ring (bicyclic) bond motifs is 1. The first-order valence-electron chi connectivity index (χ1n) is 9.77. The minimum atomic E-state index is -0.984. The number of halogens is 1. The van der Waals surface area contributed by atoms with Crippen molar-refractivity contribution in [1.29, 1.82) is 0 Å². The number of hydrogen-bond donors (Lipinski definition) is 1. The molecule has 11 heteroatoms. The van der Waals surface area contributed by atoms with Crippen molar-refractivity contribution in [1.82, 2.24) is 5.01 Å². The number of rotatable bonds is 6. The number of imide groups is 1. The van der Waals surface area contributed by atoms with Gasteiger partial charge in [0.1, 0.15) is 6.54 Å². The van der Waals surface area contributed by atoms with Crippen molar-refractivity contribution < 1.29 is 23.9 Å². The maximum Gasteiger partial charge on any atom is 0.338 e. The van der Waals surface area contributed by atoms with Crippen LogP contribution in [0.25, 0.3) is 0 Å². The van der Waals surface area contributed by atoms with Gasteiger partial charge in [-0.2, -0.15) is 5.11 Å². The van der Waals surface area contributed by atoms with Gasteiger partial charge in [0.05, 0.1) is 17.9 Å². The third kappa shape index (κ3) is 4.11. The van der Waals surface area contributed by atoms with Gasteiger partial charge >= 0.3 is 5.97 Å². The standard InChI is InChI=1S/C21H18BrN5O5/c1-2-32-21(31)12-3-7-14(8-4-12)23-16(28)11-26-18-17(24-25-26)19(29)27(20(18)30)15-9-5-13(22)6-10-15/h3-10,17-18H,2,11H2,1H3,(H,23,28)/t17-,18+/m0/s1. The van der Waals surface area contributed by atoms with E-state index < -0.39 is 35.8 Å². The summed E-state index contributed by atoms with van der Waals surface area (Å²) in [6.07, 6.45) is 0. The lowest BCUT2D eigenvalue weighted by molar-refractivity contribution is -0.123. The van der Waals surface area contributed by atoms with Crippen LogP contribution in [-0.2, 0) is 19.1 Å². The summed E-state index contributed by atoms with van der Waals surface area (Å²) in [5.41, 5.74) is 1.25. The van der Waals surface area contributed by atoms with E-state index >= 15 is 0 Å². The normalized spacial score (nSPS) is 19.3. The molecular weight excluding hydrogens is 482 g/mol. The van der Waals surface area contributed by atoms with E-state index in [-0.39, 0.29) is 13.2 Å². The van der Waals surface area contributed by atoms with Crippen molar-refractivity contribution in [2.75, 3.05) is 23.4 Å². The van der Waals surface area contributed by atoms with Gasteiger partial charge in [-0.1, -0.05) is 21.2 Å². The molecule has 2 atom stereocenters. The van der Waals surface area contributed by atoms with Crippen molar-refractivity contribution >= 4 is 51.0 Å². The number of hydrogen-bond acceptors (Lipinski definition) is 8. The fourth-order valence-electron chi connectivity index (χ4n) is 3.45. The number of amides is 3. The topological polar surface area (TPSA) is 121 Å². The lowest BCUT2D eigenvalue weighted by Gasteiger charge is -2.20. The highest BCUT2D eigenvalue weighted by atomic mass is 79.9. The van der Waals surface area contributed by atoms with Crippen molar-refractivity contribution in [2.24, 2.45) is 10.3 Å². The highest BCUT2D eigenvalue weighted by Crippen LogP contribution is 2.32. The smallest absolute Gasteiger partial charge is 0.338 e. The molecule has 2 aromatic carbocycles. The molecule has 2 aliphatic rings. The summed E-state index contributed by atoms with van der Waals surface area (Å²) in [6.45, 7) is 1.72. The van der Waals surface area contributed by atoms with Crippen LogP contribution in [0.3, 0.4) is 0 Å². The van der Waals surface area contributed by atoms with E-state index in [0.29, 0.717) is 16.9 Å². The Labute approximate surface area is 191 Å². The number of carbonyl (C=O) groups excluding carboxylic acids is 4. The van der Waals surface area contributed by atoms with Crippen molar-refractivity contribution in [3.8, 4) is 0 Å². The van der Waals surface area contributed by atoms with Gasteiger partial charge in [0.15, 0.2) is 12.1 Å². The van der Waals surface area contributed by atoms with Crippen LogP contribution in [0.4, 0.5) is 11.4 Å². The van der Waals surface area contributed by atoms with Crippen LogP contribution in [0.1, 0.15) is 17.3 Å². The molecule has 0 aromatic heterocycles. The number of anilines is 2. The highest BCUT2D eigenvalue weighted by Gasteiger charge is 2.55. The van der Waals surface area contributed by atoms with Gasteiger partial charge in [0.25, 0.3) is 11.8 Å². The third-order valence-corrected chi connectivity index (χ3v) is 5.46. The SMILES string of the molecule is CCOC(=O)c1ccc(NC(=O)CN2N=N[C@@H]3C(=O)N(c4ccc(Br)cc4)C(=O)[C@@H]32)cc1. The van der Waals surface area contributed by atoms with E-state index in [1.807, 2.05) is 0 Å². The molecule has 0 radical (unpaired) electrons. The van der Waals surface area contributed by atoms with E-state index in [9.17, 15) is 19.2 Å². The molecule has 4 rings (SSSR count). The summed E-state index contributed by atoms with van der Waals surface area (Å²) in [4.78, 5) is 50.9. The molecule has 1 N–H and O–H groups in total. The fourth-order valence-corrected chi connectivity index (χ4v) is 3.71. The van der Waals surface area contributed by atoms with Gasteiger partial charge in [-0.15, -0.1) is 0 Å². The summed E-state index contributed by atoms with van der Waals surface area (Å²) in [5, 5.41) is 11.7. The molecule has 0 aliphatic carbocycles. The van der Waals surface area contributed by atoms with Crippen molar-refractivity contribution in [3.63, 3.8) is 0 Å². The second-order valence-electron chi connectivity index (χ2n) is 7.03. The van der Waals surface area contributed by atoms with Gasteiger partial charge in [0.2, 0.25) is 5.91 Å². The van der Waals surface area contributed by atoms with Gasteiger partial charge in [-0.3, -0.25) is 19.4 Å². The molecule has 2 aromatic rings. The Hall–Kier alpha value is -3.60. The number of nitrogens with zero attached hydrogens (tertiary/aromatic N) is 4. The average molecular weight is 500 g/mol. The number of carbonyl (C=O) groups is 4. The van der Waals surface area contributed by atoms with Crippen LogP contribution in [0, 0.1) is 0 Å². The van der Waals surface area contributed by atoms with Crippen molar-refractivity contribution in [3.05, 3.63) is 58.6 Å². The summed E-state index contributed by atoms with van der Waals surface area (Å²) in [5.74, 6) is -1.87. The Balaban J connectivity index is 1.41. The van der Waals surface area contributed by atoms with Gasteiger partial charge < -0.3 is 10.1 Å². The Morgan fingerprint density at radius 2 is 1.75 bits per heavy atom. The largest absolute Gasteiger partial charge is 0.462 e. The first-order chi connectivity index (χ1) is 15.4. The van der Waals surface area contributed by atoms with Crippen LogP contribution in [0.15, 0.2) is 63.3 Å². The molecule has 32 heavy (non-hydrogen) atoms. The molecule has 0 bridgehead atoms. The number of benzene rings is 2. The molecule has 10 nitrogen and oxygen atoms in total. The summed E-state index contributed by atoms with van der Waals surface area (Å²) in [6, 6.07) is 11.0. The van der Waals surface area contributed by atoms with E-state index in [0.717, 1.165) is 9.37 Å². The minimum absolute atomic E-state index is 0.266. The predicted octanol–water partition coefficient (Wildman–Crippen LogP) is 2.56. The highest BCUT2D eigenvalue weighted by molar-refractivity contribution is 9.10. The second-order valence-corrected chi connectivity index (χ2v) is 7.94. The van der Waals surface area contributed by atoms with Crippen LogP contribution in [-0.4, -0.2) is 53.9 Å². The summed E-state index contributed by atoms with van der Waals surface area (Å²) in [7, 11) is 0. The monoisotopic (exact) mass is 499 g/mol. The van der Waals surface area contributed by atoms with E-state index in [2.05, 4.69) is 31.6 Å². The molecule has 1 saturated heterocycles. The Morgan fingerprint density at radius 3 is 2.41 bits per heavy atom. The zero-order valence-corrected chi connectivity index (χ0v) is 18.5. The van der Waals surface area contributed by atoms with E-state index in [4.69, 9.17) is 4.74 Å². The Morgan fingerprint density at radius 1 is 1.06 bits per heavy atom. The third-order valence-electron chi connectivity index (χ3n) is 4.93. The molecule has 0 spiro atoms. The maximum absolute atomic E-state index is 12.9. The minimum Gasteiger partial charge on any atom is -0.462 e. The first kappa shape index (κ1) is 21.6. The zero-order chi connectivity index (χ0) is 22.8. The second kappa shape index (κ2) is 8.87. The molecule has 0 unspecified atom stereocenters. The molecule has 1 fully saturated rings. The maximum atomic E-state index is 12.9. The zero-order valence-electron chi connectivity index (χ0n) is 16.9. The van der Waals surface area contributed by atoms with Gasteiger partial charge in [-0.05, 0) is 55.5 Å². The fraction of sp³-hybridized carbons (Fsp3) is 0.238. The first-order valence-corrected chi connectivity index (χ1v) is 10.6. The number of esters is 1. The van der Waals surface area contributed by atoms with Crippen molar-refractivity contribution in [2.45, 2.75) is 19.0 Å². The molecular formula is C21H18BrN5O5. The van der Waals surface area contributed by atoms with Crippen LogP contribution in [0.2, 0.25) is 0 Å². The molecule has 3 amide bonds. The molecule has 0 saturated carbocycles. The molecule has 2 aliphatic heterocycles. The van der Waals surface area contributed by atoms with Crippen LogP contribution >= 0.6 is 15.9 Å². The molecule has 2 heterocycles. The Kier molecular flexibility index (Phi) is 5.99.